The molecule has 0 saturated carbocycles. The summed E-state index contributed by atoms with van der Waals surface area (Å²) in [6, 6.07) is 4.81. The maximum absolute atomic E-state index is 13.9. The van der Waals surface area contributed by atoms with Gasteiger partial charge < -0.3 is 10.1 Å². The van der Waals surface area contributed by atoms with Crippen LogP contribution in [0.25, 0.3) is 0 Å². The Morgan fingerprint density at radius 2 is 2.21 bits per heavy atom. The normalized spacial score (nSPS) is 23.2. The third kappa shape index (κ3) is 3.45. The summed E-state index contributed by atoms with van der Waals surface area (Å²) in [6.45, 7) is 1.93. The van der Waals surface area contributed by atoms with Crippen molar-refractivity contribution in [3.05, 3.63) is 29.6 Å². The molecule has 0 bridgehead atoms. The molecule has 19 heavy (non-hydrogen) atoms. The average Bonchev–Trinajstić information content (AvgIpc) is 2.70. The predicted molar refractivity (Wildman–Crippen MR) is 71.6 cm³/mol. The van der Waals surface area contributed by atoms with E-state index in [1.165, 1.54) is 6.07 Å². The van der Waals surface area contributed by atoms with Crippen molar-refractivity contribution in [1.82, 2.24) is 5.32 Å². The van der Waals surface area contributed by atoms with Gasteiger partial charge >= 0.3 is 0 Å². The van der Waals surface area contributed by atoms with Gasteiger partial charge in [0.25, 0.3) is 0 Å². The lowest BCUT2D eigenvalue weighted by molar-refractivity contribution is 0.218. The molecule has 6 heteroatoms. The first kappa shape index (κ1) is 14.3. The van der Waals surface area contributed by atoms with Crippen molar-refractivity contribution >= 4 is 9.84 Å². The van der Waals surface area contributed by atoms with Gasteiger partial charge in [0.2, 0.25) is 0 Å². The SMILES string of the molecule is CNC(C)c1ccc(OC2CCS(=O)(=O)C2)c(F)c1. The molecule has 0 spiro atoms. The Morgan fingerprint density at radius 1 is 1.47 bits per heavy atom. The molecule has 0 amide bonds. The van der Waals surface area contributed by atoms with Crippen LogP contribution in [0.1, 0.15) is 24.9 Å². The molecule has 1 aliphatic rings. The van der Waals surface area contributed by atoms with E-state index in [0.717, 1.165) is 5.56 Å². The minimum atomic E-state index is -3.01. The summed E-state index contributed by atoms with van der Waals surface area (Å²) in [4.78, 5) is 0. The molecule has 2 rings (SSSR count). The third-order valence-electron chi connectivity index (χ3n) is 3.37. The van der Waals surface area contributed by atoms with Gasteiger partial charge in [-0.3, -0.25) is 0 Å². The monoisotopic (exact) mass is 287 g/mol. The summed E-state index contributed by atoms with van der Waals surface area (Å²) in [6.07, 6.45) is -0.0109. The zero-order valence-electron chi connectivity index (χ0n) is 11.0. The molecule has 0 aromatic heterocycles. The van der Waals surface area contributed by atoms with Gasteiger partial charge in [0.05, 0.1) is 11.5 Å². The van der Waals surface area contributed by atoms with Crippen LogP contribution in [0, 0.1) is 5.82 Å². The van der Waals surface area contributed by atoms with Crippen LogP contribution in [-0.4, -0.2) is 33.1 Å². The summed E-state index contributed by atoms with van der Waals surface area (Å²) >= 11 is 0. The topological polar surface area (TPSA) is 55.4 Å². The Labute approximate surface area is 112 Å². The van der Waals surface area contributed by atoms with E-state index in [4.69, 9.17) is 4.74 Å². The number of ether oxygens (including phenoxy) is 1. The van der Waals surface area contributed by atoms with Crippen LogP contribution < -0.4 is 10.1 Å². The smallest absolute Gasteiger partial charge is 0.165 e. The summed E-state index contributed by atoms with van der Waals surface area (Å²) < 4.78 is 42.0. The highest BCUT2D eigenvalue weighted by molar-refractivity contribution is 7.91. The lowest BCUT2D eigenvalue weighted by Crippen LogP contribution is -2.18. The molecule has 2 atom stereocenters. The van der Waals surface area contributed by atoms with Crippen molar-refractivity contribution in [2.45, 2.75) is 25.5 Å². The fourth-order valence-corrected chi connectivity index (χ4v) is 3.67. The predicted octanol–water partition coefficient (Wildman–Crippen LogP) is 1.67. The Kier molecular flexibility index (Phi) is 4.10. The van der Waals surface area contributed by atoms with Gasteiger partial charge in [0, 0.05) is 6.04 Å². The summed E-state index contributed by atoms with van der Waals surface area (Å²) in [5.41, 5.74) is 0.825. The van der Waals surface area contributed by atoms with E-state index < -0.39 is 21.8 Å². The number of hydrogen-bond donors (Lipinski definition) is 1. The van der Waals surface area contributed by atoms with E-state index in [2.05, 4.69) is 5.32 Å². The minimum absolute atomic E-state index is 0.0267. The first-order valence-electron chi connectivity index (χ1n) is 6.25. The van der Waals surface area contributed by atoms with E-state index in [-0.39, 0.29) is 23.3 Å². The van der Waals surface area contributed by atoms with Crippen LogP contribution in [0.4, 0.5) is 4.39 Å². The second-order valence-electron chi connectivity index (χ2n) is 4.84. The van der Waals surface area contributed by atoms with E-state index >= 15 is 0 Å². The Hall–Kier alpha value is -1.14. The molecular weight excluding hydrogens is 269 g/mol. The highest BCUT2D eigenvalue weighted by atomic mass is 32.2. The molecule has 2 unspecified atom stereocenters. The standard InChI is InChI=1S/C13H18FNO3S/c1-9(15-2)10-3-4-13(12(14)7-10)18-11-5-6-19(16,17)8-11/h3-4,7,9,11,15H,5-6,8H2,1-2H3. The molecule has 1 aromatic rings. The Balaban J connectivity index is 2.10. The van der Waals surface area contributed by atoms with Crippen molar-refractivity contribution < 1.29 is 17.5 Å². The Bertz CT molecular complexity index is 559. The molecule has 1 aromatic carbocycles. The van der Waals surface area contributed by atoms with E-state index in [0.29, 0.717) is 6.42 Å². The maximum Gasteiger partial charge on any atom is 0.165 e. The Morgan fingerprint density at radius 3 is 2.74 bits per heavy atom. The molecule has 1 fully saturated rings. The summed E-state index contributed by atoms with van der Waals surface area (Å²) in [7, 11) is -1.21. The minimum Gasteiger partial charge on any atom is -0.486 e. The van der Waals surface area contributed by atoms with Crippen LogP contribution >= 0.6 is 0 Å². The quantitative estimate of drug-likeness (QED) is 0.915. The zero-order chi connectivity index (χ0) is 14.0. The third-order valence-corrected chi connectivity index (χ3v) is 5.11. The van der Waals surface area contributed by atoms with Crippen LogP contribution in [0.2, 0.25) is 0 Å². The fraction of sp³-hybridized carbons (Fsp3) is 0.538. The number of nitrogens with one attached hydrogen (secondary N) is 1. The molecule has 1 heterocycles. The van der Waals surface area contributed by atoms with Gasteiger partial charge in [-0.2, -0.15) is 0 Å². The second-order valence-corrected chi connectivity index (χ2v) is 7.07. The van der Waals surface area contributed by atoms with Crippen molar-refractivity contribution in [3.63, 3.8) is 0 Å². The van der Waals surface area contributed by atoms with Crippen LogP contribution in [0.3, 0.4) is 0 Å². The average molecular weight is 287 g/mol. The highest BCUT2D eigenvalue weighted by Crippen LogP contribution is 2.25. The molecule has 1 N–H and O–H groups in total. The maximum atomic E-state index is 13.9. The van der Waals surface area contributed by atoms with E-state index in [1.807, 2.05) is 6.92 Å². The van der Waals surface area contributed by atoms with Crippen molar-refractivity contribution in [1.29, 1.82) is 0 Å². The number of halogens is 1. The fourth-order valence-electron chi connectivity index (χ4n) is 2.08. The zero-order valence-corrected chi connectivity index (χ0v) is 11.8. The lowest BCUT2D eigenvalue weighted by Gasteiger charge is -2.15. The van der Waals surface area contributed by atoms with Gasteiger partial charge in [0.15, 0.2) is 21.4 Å². The molecule has 4 nitrogen and oxygen atoms in total. The van der Waals surface area contributed by atoms with Gasteiger partial charge in [-0.15, -0.1) is 0 Å². The van der Waals surface area contributed by atoms with E-state index in [9.17, 15) is 12.8 Å². The van der Waals surface area contributed by atoms with Crippen molar-refractivity contribution in [2.24, 2.45) is 0 Å². The first-order chi connectivity index (χ1) is 8.91. The number of benzene rings is 1. The van der Waals surface area contributed by atoms with E-state index in [1.54, 1.807) is 19.2 Å². The molecule has 0 aliphatic carbocycles. The van der Waals surface area contributed by atoms with Gasteiger partial charge in [-0.25, -0.2) is 12.8 Å². The van der Waals surface area contributed by atoms with Gasteiger partial charge in [-0.05, 0) is 38.1 Å². The van der Waals surface area contributed by atoms with Crippen molar-refractivity contribution in [3.8, 4) is 5.75 Å². The number of rotatable bonds is 4. The summed E-state index contributed by atoms with van der Waals surface area (Å²) in [5.74, 6) is -0.243. The van der Waals surface area contributed by atoms with Crippen LogP contribution in [0.15, 0.2) is 18.2 Å². The molecular formula is C13H18FNO3S. The molecule has 106 valence electrons. The lowest BCUT2D eigenvalue weighted by atomic mass is 10.1. The molecule has 1 aliphatic heterocycles. The number of sulfone groups is 1. The highest BCUT2D eigenvalue weighted by Gasteiger charge is 2.30. The van der Waals surface area contributed by atoms with Gasteiger partial charge in [-0.1, -0.05) is 6.07 Å². The second kappa shape index (κ2) is 5.46. The van der Waals surface area contributed by atoms with Crippen molar-refractivity contribution in [2.75, 3.05) is 18.6 Å². The largest absolute Gasteiger partial charge is 0.486 e. The number of hydrogen-bond acceptors (Lipinski definition) is 4. The molecule has 0 radical (unpaired) electrons. The van der Waals surface area contributed by atoms with Crippen LogP contribution in [-0.2, 0) is 9.84 Å². The van der Waals surface area contributed by atoms with Crippen LogP contribution in [0.5, 0.6) is 5.75 Å². The summed E-state index contributed by atoms with van der Waals surface area (Å²) in [5, 5.41) is 3.02. The first-order valence-corrected chi connectivity index (χ1v) is 8.07. The van der Waals surface area contributed by atoms with Gasteiger partial charge in [0.1, 0.15) is 6.10 Å². The molecule has 1 saturated heterocycles.